The van der Waals surface area contributed by atoms with Crippen LogP contribution in [0.2, 0.25) is 0 Å². The van der Waals surface area contributed by atoms with Gasteiger partial charge in [0.2, 0.25) is 15.9 Å². The molecule has 1 spiro atoms. The standard InChI is InChI=1S/C26H28N2O4S/c29-25-17-32-26(18-28(25)23-8-9-23)12-14-27(15-13-26)33(30,31)24-10-6-20(7-11-24)22-5-4-19-2-1-3-21(19)16-22/h1-2,4-7,10-11,16,23H,3,8-9,12-15,17-18H2. The predicted octanol–water partition coefficient (Wildman–Crippen LogP) is 3.47. The van der Waals surface area contributed by atoms with Gasteiger partial charge in [-0.05, 0) is 66.5 Å². The van der Waals surface area contributed by atoms with Crippen molar-refractivity contribution in [1.82, 2.24) is 9.21 Å². The summed E-state index contributed by atoms with van der Waals surface area (Å²) in [5, 5.41) is 0. The van der Waals surface area contributed by atoms with E-state index in [1.54, 1.807) is 16.4 Å². The van der Waals surface area contributed by atoms with E-state index in [0.29, 0.717) is 43.4 Å². The maximum Gasteiger partial charge on any atom is 0.248 e. The first kappa shape index (κ1) is 21.1. The molecule has 1 amide bonds. The Labute approximate surface area is 194 Å². The molecule has 33 heavy (non-hydrogen) atoms. The van der Waals surface area contributed by atoms with Crippen LogP contribution in [0, 0.1) is 0 Å². The lowest BCUT2D eigenvalue weighted by Gasteiger charge is -2.46. The molecule has 0 radical (unpaired) electrons. The number of benzene rings is 2. The average Bonchev–Trinajstić information content (AvgIpc) is 3.57. The third kappa shape index (κ3) is 3.82. The zero-order chi connectivity index (χ0) is 22.6. The number of hydrogen-bond acceptors (Lipinski definition) is 4. The lowest BCUT2D eigenvalue weighted by Crippen LogP contribution is -2.59. The fourth-order valence-corrected chi connectivity index (χ4v) is 6.74. The van der Waals surface area contributed by atoms with E-state index in [4.69, 9.17) is 4.74 Å². The lowest BCUT2D eigenvalue weighted by molar-refractivity contribution is -0.170. The summed E-state index contributed by atoms with van der Waals surface area (Å²) in [5.41, 5.74) is 4.27. The minimum absolute atomic E-state index is 0.0675. The van der Waals surface area contributed by atoms with Crippen LogP contribution in [0.5, 0.6) is 0 Å². The van der Waals surface area contributed by atoms with E-state index in [-0.39, 0.29) is 12.5 Å². The van der Waals surface area contributed by atoms with E-state index in [1.807, 2.05) is 17.0 Å². The van der Waals surface area contributed by atoms with Crippen molar-refractivity contribution >= 4 is 22.0 Å². The van der Waals surface area contributed by atoms with Crippen LogP contribution >= 0.6 is 0 Å². The number of sulfonamides is 1. The summed E-state index contributed by atoms with van der Waals surface area (Å²) in [6, 6.07) is 14.0. The second kappa shape index (κ2) is 7.79. The maximum absolute atomic E-state index is 13.3. The Morgan fingerprint density at radius 3 is 2.42 bits per heavy atom. The number of carbonyl (C=O) groups is 1. The number of carbonyl (C=O) groups excluding carboxylic acids is 1. The molecule has 3 fully saturated rings. The second-order valence-electron chi connectivity index (χ2n) is 9.67. The van der Waals surface area contributed by atoms with Crippen molar-refractivity contribution in [2.75, 3.05) is 26.2 Å². The summed E-state index contributed by atoms with van der Waals surface area (Å²) in [4.78, 5) is 14.5. The van der Waals surface area contributed by atoms with Gasteiger partial charge in [0.25, 0.3) is 0 Å². The fraction of sp³-hybridized carbons (Fsp3) is 0.423. The van der Waals surface area contributed by atoms with Crippen molar-refractivity contribution < 1.29 is 17.9 Å². The van der Waals surface area contributed by atoms with Crippen molar-refractivity contribution in [3.05, 3.63) is 59.7 Å². The van der Waals surface area contributed by atoms with Gasteiger partial charge >= 0.3 is 0 Å². The number of piperidine rings is 1. The van der Waals surface area contributed by atoms with Gasteiger partial charge in [-0.25, -0.2) is 8.42 Å². The summed E-state index contributed by atoms with van der Waals surface area (Å²) in [6.07, 6.45) is 8.61. The average molecular weight is 465 g/mol. The number of amides is 1. The number of hydrogen-bond donors (Lipinski definition) is 0. The molecule has 2 aromatic rings. The molecule has 4 aliphatic rings. The van der Waals surface area contributed by atoms with E-state index in [1.165, 1.54) is 11.1 Å². The molecule has 7 heteroatoms. The van der Waals surface area contributed by atoms with Crippen molar-refractivity contribution in [1.29, 1.82) is 0 Å². The first-order valence-corrected chi connectivity index (χ1v) is 13.2. The van der Waals surface area contributed by atoms with Crippen molar-refractivity contribution in [3.63, 3.8) is 0 Å². The van der Waals surface area contributed by atoms with Crippen LogP contribution in [-0.2, 0) is 26.0 Å². The minimum Gasteiger partial charge on any atom is -0.363 e. The Balaban J connectivity index is 1.15. The van der Waals surface area contributed by atoms with Crippen LogP contribution < -0.4 is 0 Å². The van der Waals surface area contributed by atoms with Gasteiger partial charge in [-0.3, -0.25) is 4.79 Å². The quantitative estimate of drug-likeness (QED) is 0.695. The third-order valence-corrected chi connectivity index (χ3v) is 9.42. The normalized spacial score (nSPS) is 22.7. The van der Waals surface area contributed by atoms with E-state index >= 15 is 0 Å². The van der Waals surface area contributed by atoms with Crippen LogP contribution in [0.15, 0.2) is 53.4 Å². The van der Waals surface area contributed by atoms with Crippen LogP contribution in [0.1, 0.15) is 36.8 Å². The number of ether oxygens (including phenoxy) is 1. The molecule has 0 unspecified atom stereocenters. The molecule has 2 aliphatic heterocycles. The summed E-state index contributed by atoms with van der Waals surface area (Å²) in [6.45, 7) is 1.53. The molecular formula is C26H28N2O4S. The molecule has 172 valence electrons. The molecule has 1 saturated carbocycles. The monoisotopic (exact) mass is 464 g/mol. The Bertz CT molecular complexity index is 1220. The van der Waals surface area contributed by atoms with E-state index in [9.17, 15) is 13.2 Å². The molecule has 2 aliphatic carbocycles. The first-order chi connectivity index (χ1) is 15.9. The molecule has 2 aromatic carbocycles. The fourth-order valence-electron chi connectivity index (χ4n) is 5.30. The Morgan fingerprint density at radius 2 is 1.70 bits per heavy atom. The molecule has 6 nitrogen and oxygen atoms in total. The molecule has 2 saturated heterocycles. The molecule has 0 N–H and O–H groups in total. The van der Waals surface area contributed by atoms with Crippen LogP contribution in [0.25, 0.3) is 17.2 Å². The van der Waals surface area contributed by atoms with Gasteiger partial charge in [-0.15, -0.1) is 0 Å². The Hall–Kier alpha value is -2.48. The Kier molecular flexibility index (Phi) is 4.98. The molecule has 2 heterocycles. The van der Waals surface area contributed by atoms with Crippen LogP contribution in [0.4, 0.5) is 0 Å². The zero-order valence-corrected chi connectivity index (χ0v) is 19.4. The van der Waals surface area contributed by atoms with Gasteiger partial charge in [0, 0.05) is 19.1 Å². The molecular weight excluding hydrogens is 436 g/mol. The second-order valence-corrected chi connectivity index (χ2v) is 11.6. The van der Waals surface area contributed by atoms with Gasteiger partial charge in [0.05, 0.1) is 17.0 Å². The van der Waals surface area contributed by atoms with E-state index < -0.39 is 15.6 Å². The SMILES string of the molecule is O=C1COC2(CCN(S(=O)(=O)c3ccc(-c4ccc5c(c4)CC=C5)cc3)CC2)CN1C1CC1. The summed E-state index contributed by atoms with van der Waals surface area (Å²) < 4.78 is 34.2. The van der Waals surface area contributed by atoms with Gasteiger partial charge in [0.15, 0.2) is 0 Å². The van der Waals surface area contributed by atoms with Crippen molar-refractivity contribution in [3.8, 4) is 11.1 Å². The van der Waals surface area contributed by atoms with Crippen molar-refractivity contribution in [2.24, 2.45) is 0 Å². The highest BCUT2D eigenvalue weighted by molar-refractivity contribution is 7.89. The number of allylic oxidation sites excluding steroid dienone is 1. The molecule has 6 rings (SSSR count). The number of morpholine rings is 1. The highest BCUT2D eigenvalue weighted by Crippen LogP contribution is 2.37. The number of fused-ring (bicyclic) bond motifs is 1. The predicted molar refractivity (Wildman–Crippen MR) is 126 cm³/mol. The van der Waals surface area contributed by atoms with E-state index in [2.05, 4.69) is 30.4 Å². The van der Waals surface area contributed by atoms with Crippen LogP contribution in [-0.4, -0.2) is 61.4 Å². The lowest BCUT2D eigenvalue weighted by atomic mass is 9.90. The highest BCUT2D eigenvalue weighted by Gasteiger charge is 2.47. The zero-order valence-electron chi connectivity index (χ0n) is 18.6. The summed E-state index contributed by atoms with van der Waals surface area (Å²) in [5.74, 6) is 0.0675. The highest BCUT2D eigenvalue weighted by atomic mass is 32.2. The van der Waals surface area contributed by atoms with Crippen molar-refractivity contribution in [2.45, 2.75) is 48.6 Å². The smallest absolute Gasteiger partial charge is 0.248 e. The van der Waals surface area contributed by atoms with Gasteiger partial charge in [-0.2, -0.15) is 4.31 Å². The summed E-state index contributed by atoms with van der Waals surface area (Å²) >= 11 is 0. The largest absolute Gasteiger partial charge is 0.363 e. The van der Waals surface area contributed by atoms with Crippen LogP contribution in [0.3, 0.4) is 0 Å². The first-order valence-electron chi connectivity index (χ1n) is 11.8. The van der Waals surface area contributed by atoms with E-state index in [0.717, 1.165) is 30.4 Å². The maximum atomic E-state index is 13.3. The van der Waals surface area contributed by atoms with Gasteiger partial charge < -0.3 is 9.64 Å². The molecule has 0 atom stereocenters. The summed E-state index contributed by atoms with van der Waals surface area (Å²) in [7, 11) is -3.57. The Morgan fingerprint density at radius 1 is 0.970 bits per heavy atom. The topological polar surface area (TPSA) is 66.9 Å². The molecule has 0 bridgehead atoms. The minimum atomic E-state index is -3.57. The number of rotatable bonds is 4. The number of nitrogens with zero attached hydrogens (tertiary/aromatic N) is 2. The van der Waals surface area contributed by atoms with Gasteiger partial charge in [0.1, 0.15) is 6.61 Å². The third-order valence-electron chi connectivity index (χ3n) is 7.51. The van der Waals surface area contributed by atoms with Gasteiger partial charge in [-0.1, -0.05) is 42.5 Å². The molecule has 0 aromatic heterocycles.